The number of thiophene rings is 1. The summed E-state index contributed by atoms with van der Waals surface area (Å²) >= 11 is 7.43. The molecule has 0 saturated carbocycles. The van der Waals surface area contributed by atoms with E-state index in [4.69, 9.17) is 11.6 Å². The molecule has 6 nitrogen and oxygen atoms in total. The lowest BCUT2D eigenvalue weighted by molar-refractivity contribution is -0.116. The molecule has 0 bridgehead atoms. The van der Waals surface area contributed by atoms with E-state index in [2.05, 4.69) is 16.3 Å². The molecule has 0 spiro atoms. The van der Waals surface area contributed by atoms with Crippen LogP contribution in [0, 0.1) is 11.3 Å². The van der Waals surface area contributed by atoms with Crippen LogP contribution in [0.15, 0.2) is 24.3 Å². The minimum absolute atomic E-state index is 0.0128. The molecular formula is C22H23ClN4O2S. The number of nitrogens with zero attached hydrogens (tertiary/aromatic N) is 3. The molecule has 1 saturated heterocycles. The number of rotatable bonds is 5. The van der Waals surface area contributed by atoms with Crippen molar-refractivity contribution in [2.75, 3.05) is 38.0 Å². The minimum Gasteiger partial charge on any atom is -0.336 e. The highest BCUT2D eigenvalue weighted by Crippen LogP contribution is 2.38. The molecule has 2 aromatic rings. The van der Waals surface area contributed by atoms with Gasteiger partial charge in [-0.15, -0.1) is 11.3 Å². The number of hydrogen-bond acceptors (Lipinski definition) is 5. The van der Waals surface area contributed by atoms with Gasteiger partial charge in [0.2, 0.25) is 5.91 Å². The summed E-state index contributed by atoms with van der Waals surface area (Å²) in [6.07, 6.45) is 3.41. The van der Waals surface area contributed by atoms with Gasteiger partial charge in [-0.2, -0.15) is 5.26 Å². The van der Waals surface area contributed by atoms with E-state index in [1.54, 1.807) is 35.6 Å². The molecule has 30 heavy (non-hydrogen) atoms. The molecule has 2 amide bonds. The fourth-order valence-electron chi connectivity index (χ4n) is 4.01. The number of anilines is 1. The molecule has 2 heterocycles. The molecule has 0 unspecified atom stereocenters. The molecule has 1 aromatic heterocycles. The largest absolute Gasteiger partial charge is 0.336 e. The van der Waals surface area contributed by atoms with Crippen molar-refractivity contribution in [3.63, 3.8) is 0 Å². The fourth-order valence-corrected chi connectivity index (χ4v) is 5.39. The van der Waals surface area contributed by atoms with E-state index >= 15 is 0 Å². The Balaban J connectivity index is 1.24. The quantitative estimate of drug-likeness (QED) is 0.768. The molecule has 1 N–H and O–H groups in total. The third kappa shape index (κ3) is 4.51. The Morgan fingerprint density at radius 1 is 1.13 bits per heavy atom. The first kappa shape index (κ1) is 20.9. The molecule has 0 atom stereocenters. The van der Waals surface area contributed by atoms with Crippen molar-refractivity contribution in [2.45, 2.75) is 25.7 Å². The Bertz CT molecular complexity index is 988. The molecule has 1 aliphatic heterocycles. The lowest BCUT2D eigenvalue weighted by atomic mass is 10.1. The van der Waals surface area contributed by atoms with Gasteiger partial charge in [0, 0.05) is 54.6 Å². The Morgan fingerprint density at radius 3 is 2.57 bits per heavy atom. The number of benzene rings is 1. The van der Waals surface area contributed by atoms with Crippen LogP contribution in [0.5, 0.6) is 0 Å². The van der Waals surface area contributed by atoms with Crippen LogP contribution >= 0.6 is 22.9 Å². The van der Waals surface area contributed by atoms with Crippen molar-refractivity contribution in [1.29, 1.82) is 5.26 Å². The number of fused-ring (bicyclic) bond motifs is 1. The van der Waals surface area contributed by atoms with Gasteiger partial charge in [0.1, 0.15) is 11.1 Å². The SMILES string of the molecule is N#Cc1c(NC(=O)CCN2CCN(C(=O)c3ccc(Cl)cc3)CC2)sc2c1CCC2. The molecule has 156 valence electrons. The highest BCUT2D eigenvalue weighted by Gasteiger charge is 2.24. The number of carbonyl (C=O) groups is 2. The number of aryl methyl sites for hydroxylation is 1. The minimum atomic E-state index is -0.0638. The monoisotopic (exact) mass is 442 g/mol. The lowest BCUT2D eigenvalue weighted by Gasteiger charge is -2.34. The third-order valence-electron chi connectivity index (χ3n) is 5.69. The van der Waals surface area contributed by atoms with Crippen LogP contribution in [-0.2, 0) is 17.6 Å². The van der Waals surface area contributed by atoms with Gasteiger partial charge in [-0.1, -0.05) is 11.6 Å². The van der Waals surface area contributed by atoms with E-state index in [9.17, 15) is 14.9 Å². The molecule has 4 rings (SSSR count). The fraction of sp³-hybridized carbons (Fsp3) is 0.409. The van der Waals surface area contributed by atoms with Crippen molar-refractivity contribution in [2.24, 2.45) is 0 Å². The predicted octanol–water partition coefficient (Wildman–Crippen LogP) is 3.55. The molecule has 2 aliphatic rings. The normalized spacial score (nSPS) is 16.2. The van der Waals surface area contributed by atoms with E-state index in [1.807, 2.05) is 4.90 Å². The van der Waals surface area contributed by atoms with Gasteiger partial charge >= 0.3 is 0 Å². The zero-order valence-electron chi connectivity index (χ0n) is 16.6. The number of amides is 2. The van der Waals surface area contributed by atoms with Crippen LogP contribution < -0.4 is 5.32 Å². The first-order valence-corrected chi connectivity index (χ1v) is 11.4. The summed E-state index contributed by atoms with van der Waals surface area (Å²) in [5.74, 6) is -0.0510. The Morgan fingerprint density at radius 2 is 1.87 bits per heavy atom. The Hall–Kier alpha value is -2.40. The van der Waals surface area contributed by atoms with Gasteiger partial charge in [-0.25, -0.2) is 0 Å². The summed E-state index contributed by atoms with van der Waals surface area (Å²) < 4.78 is 0. The van der Waals surface area contributed by atoms with Gasteiger partial charge in [-0.3, -0.25) is 14.5 Å². The van der Waals surface area contributed by atoms with Crippen LogP contribution in [-0.4, -0.2) is 54.3 Å². The maximum atomic E-state index is 12.6. The van der Waals surface area contributed by atoms with Crippen LogP contribution in [0.2, 0.25) is 5.02 Å². The second-order valence-electron chi connectivity index (χ2n) is 7.61. The van der Waals surface area contributed by atoms with E-state index in [-0.39, 0.29) is 11.8 Å². The second-order valence-corrected chi connectivity index (χ2v) is 9.15. The molecular weight excluding hydrogens is 420 g/mol. The van der Waals surface area contributed by atoms with Crippen molar-refractivity contribution in [3.05, 3.63) is 50.9 Å². The van der Waals surface area contributed by atoms with Crippen molar-refractivity contribution in [3.8, 4) is 6.07 Å². The number of nitrogens with one attached hydrogen (secondary N) is 1. The van der Waals surface area contributed by atoms with Crippen LogP contribution in [0.25, 0.3) is 0 Å². The van der Waals surface area contributed by atoms with E-state index < -0.39 is 0 Å². The van der Waals surface area contributed by atoms with E-state index in [0.29, 0.717) is 47.2 Å². The standard InChI is InChI=1S/C22H23ClN4O2S/c23-16-6-4-15(5-7-16)22(29)27-12-10-26(11-13-27)9-8-20(28)25-21-18(14-24)17-2-1-3-19(17)30-21/h4-7H,1-3,8-13H2,(H,25,28). The number of nitriles is 1. The molecule has 1 fully saturated rings. The van der Waals surface area contributed by atoms with Gasteiger partial charge < -0.3 is 10.2 Å². The number of hydrogen-bond donors (Lipinski definition) is 1. The predicted molar refractivity (Wildman–Crippen MR) is 118 cm³/mol. The molecule has 8 heteroatoms. The summed E-state index contributed by atoms with van der Waals surface area (Å²) in [4.78, 5) is 30.3. The van der Waals surface area contributed by atoms with Crippen molar-refractivity contribution in [1.82, 2.24) is 9.80 Å². The molecule has 1 aromatic carbocycles. The lowest BCUT2D eigenvalue weighted by Crippen LogP contribution is -2.49. The zero-order valence-corrected chi connectivity index (χ0v) is 18.2. The topological polar surface area (TPSA) is 76.4 Å². The first-order valence-electron chi connectivity index (χ1n) is 10.2. The summed E-state index contributed by atoms with van der Waals surface area (Å²) in [5, 5.41) is 13.7. The Labute approximate surface area is 185 Å². The van der Waals surface area contributed by atoms with Crippen molar-refractivity contribution >= 4 is 39.8 Å². The summed E-state index contributed by atoms with van der Waals surface area (Å²) in [6, 6.07) is 9.21. The van der Waals surface area contributed by atoms with Gasteiger partial charge in [0.05, 0.1) is 5.56 Å². The van der Waals surface area contributed by atoms with Crippen LogP contribution in [0.1, 0.15) is 39.2 Å². The number of piperazine rings is 1. The molecule has 0 radical (unpaired) electrons. The average Bonchev–Trinajstić information content (AvgIpc) is 3.33. The average molecular weight is 443 g/mol. The van der Waals surface area contributed by atoms with Gasteiger partial charge in [-0.05, 0) is 49.1 Å². The summed E-state index contributed by atoms with van der Waals surface area (Å²) in [6.45, 7) is 3.40. The highest BCUT2D eigenvalue weighted by atomic mass is 35.5. The highest BCUT2D eigenvalue weighted by molar-refractivity contribution is 7.16. The van der Waals surface area contributed by atoms with Crippen LogP contribution in [0.3, 0.4) is 0 Å². The van der Waals surface area contributed by atoms with Crippen molar-refractivity contribution < 1.29 is 9.59 Å². The number of carbonyl (C=O) groups excluding carboxylic acids is 2. The smallest absolute Gasteiger partial charge is 0.253 e. The van der Waals surface area contributed by atoms with E-state index in [1.165, 1.54) is 4.88 Å². The van der Waals surface area contributed by atoms with E-state index in [0.717, 1.165) is 37.9 Å². The second kappa shape index (κ2) is 9.17. The maximum Gasteiger partial charge on any atom is 0.253 e. The summed E-state index contributed by atoms with van der Waals surface area (Å²) in [7, 11) is 0. The molecule has 1 aliphatic carbocycles. The number of halogens is 1. The zero-order chi connectivity index (χ0) is 21.1. The summed E-state index contributed by atoms with van der Waals surface area (Å²) in [5.41, 5.74) is 2.41. The Kier molecular flexibility index (Phi) is 6.38. The van der Waals surface area contributed by atoms with Gasteiger partial charge in [0.15, 0.2) is 0 Å². The first-order chi connectivity index (χ1) is 14.5. The van der Waals surface area contributed by atoms with Gasteiger partial charge in [0.25, 0.3) is 5.91 Å². The van der Waals surface area contributed by atoms with Crippen LogP contribution in [0.4, 0.5) is 5.00 Å². The third-order valence-corrected chi connectivity index (χ3v) is 7.15. The maximum absolute atomic E-state index is 12.6.